The molecule has 17 N–H and O–H groups in total. The van der Waals surface area contributed by atoms with Gasteiger partial charge in [-0.15, -0.1) is 0 Å². The van der Waals surface area contributed by atoms with Gasteiger partial charge < -0.3 is 102 Å². The molecule has 288 valence electrons. The quantitative estimate of drug-likeness (QED) is 0.0743. The fourth-order valence-electron chi connectivity index (χ4n) is 6.51. The van der Waals surface area contributed by atoms with E-state index in [1.54, 1.807) is 13.8 Å². The predicted octanol–water partition coefficient (Wildman–Crippen LogP) is -7.02. The molecule has 1 aliphatic carbocycles. The lowest BCUT2D eigenvalue weighted by Crippen LogP contribution is -2.69. The molecular formula is C29H57N5O15. The Kier molecular flexibility index (Phi) is 15.3. The average molecular weight is 716 g/mol. The first kappa shape index (κ1) is 41.0. The van der Waals surface area contributed by atoms with Crippen molar-refractivity contribution in [3.05, 3.63) is 0 Å². The molecule has 3 heterocycles. The van der Waals surface area contributed by atoms with Gasteiger partial charge in [-0.1, -0.05) is 0 Å². The van der Waals surface area contributed by atoms with Gasteiger partial charge in [-0.3, -0.25) is 0 Å². The third kappa shape index (κ3) is 9.42. The van der Waals surface area contributed by atoms with Crippen LogP contribution < -0.4 is 28.7 Å². The summed E-state index contributed by atoms with van der Waals surface area (Å²) < 4.78 is 46.2. The van der Waals surface area contributed by atoms with Crippen molar-refractivity contribution in [3.63, 3.8) is 0 Å². The van der Waals surface area contributed by atoms with Crippen LogP contribution in [0.5, 0.6) is 0 Å². The van der Waals surface area contributed by atoms with Crippen LogP contribution in [0.15, 0.2) is 0 Å². The molecule has 1 saturated carbocycles. The Morgan fingerprint density at radius 3 is 1.71 bits per heavy atom. The minimum atomic E-state index is -1.56. The highest BCUT2D eigenvalue weighted by molar-refractivity contribution is 5.01. The highest BCUT2D eigenvalue weighted by atomic mass is 16.7. The molecule has 0 aromatic carbocycles. The zero-order valence-corrected chi connectivity index (χ0v) is 27.8. The molecule has 4 aliphatic rings. The van der Waals surface area contributed by atoms with Crippen molar-refractivity contribution in [2.24, 2.45) is 28.7 Å². The average Bonchev–Trinajstić information content (AvgIpc) is 3.07. The molecule has 4 rings (SSSR count). The van der Waals surface area contributed by atoms with Crippen molar-refractivity contribution in [1.29, 1.82) is 0 Å². The molecule has 20 nitrogen and oxygen atoms in total. The van der Waals surface area contributed by atoms with Crippen LogP contribution in [0.25, 0.3) is 0 Å². The van der Waals surface area contributed by atoms with Gasteiger partial charge in [-0.2, -0.15) is 0 Å². The van der Waals surface area contributed by atoms with Crippen LogP contribution in [0, 0.1) is 0 Å². The van der Waals surface area contributed by atoms with Gasteiger partial charge in [0.2, 0.25) is 0 Å². The maximum atomic E-state index is 11.2. The summed E-state index contributed by atoms with van der Waals surface area (Å²) in [5.41, 5.74) is 29.7. The fraction of sp³-hybridized carbons (Fsp3) is 1.00. The zero-order valence-electron chi connectivity index (χ0n) is 27.8. The van der Waals surface area contributed by atoms with E-state index >= 15 is 0 Å². The van der Waals surface area contributed by atoms with Crippen molar-refractivity contribution in [2.75, 3.05) is 32.9 Å². The molecule has 0 unspecified atom stereocenters. The van der Waals surface area contributed by atoms with Gasteiger partial charge in [0, 0.05) is 31.8 Å². The fourth-order valence-corrected chi connectivity index (χ4v) is 6.51. The van der Waals surface area contributed by atoms with Crippen LogP contribution in [-0.4, -0.2) is 191 Å². The van der Waals surface area contributed by atoms with Crippen LogP contribution in [0.3, 0.4) is 0 Å². The summed E-state index contributed by atoms with van der Waals surface area (Å²) >= 11 is 0. The molecule has 4 fully saturated rings. The lowest BCUT2D eigenvalue weighted by atomic mass is 9.84. The van der Waals surface area contributed by atoms with E-state index < -0.39 is 122 Å². The SMILES string of the molecule is C[C@H]1O[C@@H](OCCCO[C@H]2[C@@H](O)[C@H](O[C@@H]3[C@@H](O)[C@H](N)C[C@H](N)[C@H]3O[C@H]3O[C@H](CN)[C@@H](O)[C@H](O)[C@H]3N)O[C@H](C)[C@H]2O)[C@H](O)[C@H](OCCN)[C@@H]1O. The topological polar surface area (TPSA) is 346 Å². The Bertz CT molecular complexity index is 996. The van der Waals surface area contributed by atoms with Crippen molar-refractivity contribution < 1.29 is 73.6 Å². The maximum absolute atomic E-state index is 11.2. The number of hydrogen-bond donors (Lipinski definition) is 12. The van der Waals surface area contributed by atoms with Crippen molar-refractivity contribution in [1.82, 2.24) is 0 Å². The van der Waals surface area contributed by atoms with E-state index in [0.29, 0.717) is 0 Å². The number of aliphatic hydroxyl groups excluding tert-OH is 7. The summed E-state index contributed by atoms with van der Waals surface area (Å²) in [5, 5.41) is 74.7. The van der Waals surface area contributed by atoms with Gasteiger partial charge >= 0.3 is 0 Å². The molecule has 20 heteroatoms. The second-order valence-electron chi connectivity index (χ2n) is 13.2. The monoisotopic (exact) mass is 715 g/mol. The molecular weight excluding hydrogens is 658 g/mol. The van der Waals surface area contributed by atoms with E-state index in [1.165, 1.54) is 0 Å². The highest BCUT2D eigenvalue weighted by Crippen LogP contribution is 2.32. The van der Waals surface area contributed by atoms with E-state index in [0.717, 1.165) is 0 Å². The third-order valence-corrected chi connectivity index (χ3v) is 9.50. The van der Waals surface area contributed by atoms with E-state index in [4.69, 9.17) is 66.6 Å². The standard InChI is InChI=1S/C29H57N5O15/c1-10-16(35)24(43-7-4-30)21(40)28(45-10)44-6-3-5-42-25-17(36)11(2)46-29(22(25)41)49-26-18(37)12(32)8-13(33)23(26)48-27-15(34)20(39)19(38)14(9-31)47-27/h10-29,35-41H,3-9,30-34H2,1-2H3/t10-,11-,12-,13+,14-,15-,16-,17-,18+,19-,20-,21-,22-,23-,24-,25-,26-,27-,28-,29+/m1/s1. The lowest BCUT2D eigenvalue weighted by molar-refractivity contribution is -0.341. The van der Waals surface area contributed by atoms with Crippen LogP contribution in [0.4, 0.5) is 0 Å². The molecule has 0 aromatic heterocycles. The molecule has 20 atom stereocenters. The van der Waals surface area contributed by atoms with Crippen LogP contribution >= 0.6 is 0 Å². The number of nitrogens with two attached hydrogens (primary N) is 5. The van der Waals surface area contributed by atoms with Gasteiger partial charge in [0.1, 0.15) is 67.1 Å². The number of ether oxygens (including phenoxy) is 8. The molecule has 3 aliphatic heterocycles. The van der Waals surface area contributed by atoms with E-state index in [1.807, 2.05) is 0 Å². The van der Waals surface area contributed by atoms with Gasteiger partial charge in [0.05, 0.1) is 37.6 Å². The van der Waals surface area contributed by atoms with Gasteiger partial charge in [-0.05, 0) is 26.7 Å². The largest absolute Gasteiger partial charge is 0.389 e. The summed E-state index contributed by atoms with van der Waals surface area (Å²) in [4.78, 5) is 0. The minimum absolute atomic E-state index is 0.00669. The first-order chi connectivity index (χ1) is 23.2. The number of rotatable bonds is 14. The molecule has 49 heavy (non-hydrogen) atoms. The maximum Gasteiger partial charge on any atom is 0.187 e. The normalized spacial score (nSPS) is 49.6. The molecule has 0 bridgehead atoms. The Labute approximate surface area is 284 Å². The Morgan fingerprint density at radius 2 is 1.10 bits per heavy atom. The van der Waals surface area contributed by atoms with Crippen molar-refractivity contribution >= 4 is 0 Å². The molecule has 0 radical (unpaired) electrons. The smallest absolute Gasteiger partial charge is 0.187 e. The van der Waals surface area contributed by atoms with Gasteiger partial charge in [-0.25, -0.2) is 0 Å². The van der Waals surface area contributed by atoms with Crippen LogP contribution in [0.2, 0.25) is 0 Å². The summed E-state index contributed by atoms with van der Waals surface area (Å²) in [6.45, 7) is 3.40. The molecule has 0 spiro atoms. The first-order valence-corrected chi connectivity index (χ1v) is 16.8. The minimum Gasteiger partial charge on any atom is -0.389 e. The zero-order chi connectivity index (χ0) is 36.2. The Morgan fingerprint density at radius 1 is 0.551 bits per heavy atom. The van der Waals surface area contributed by atoms with Crippen molar-refractivity contribution in [3.8, 4) is 0 Å². The molecule has 0 amide bonds. The lowest BCUT2D eigenvalue weighted by Gasteiger charge is -2.49. The first-order valence-electron chi connectivity index (χ1n) is 16.8. The van der Waals surface area contributed by atoms with E-state index in [2.05, 4.69) is 0 Å². The van der Waals surface area contributed by atoms with Crippen molar-refractivity contribution in [2.45, 2.75) is 149 Å². The van der Waals surface area contributed by atoms with E-state index in [-0.39, 0.29) is 45.8 Å². The Balaban J connectivity index is 1.35. The number of aliphatic hydroxyl groups is 7. The summed E-state index contributed by atoms with van der Waals surface area (Å²) in [6, 6.07) is -2.88. The Hall–Kier alpha value is -0.800. The third-order valence-electron chi connectivity index (χ3n) is 9.50. The summed E-state index contributed by atoms with van der Waals surface area (Å²) in [7, 11) is 0. The van der Waals surface area contributed by atoms with Crippen LogP contribution in [0.1, 0.15) is 26.7 Å². The predicted molar refractivity (Wildman–Crippen MR) is 166 cm³/mol. The summed E-state index contributed by atoms with van der Waals surface area (Å²) in [6.07, 6.45) is -20.0. The molecule has 3 saturated heterocycles. The van der Waals surface area contributed by atoms with Crippen LogP contribution in [-0.2, 0) is 37.9 Å². The second kappa shape index (κ2) is 18.3. The summed E-state index contributed by atoms with van der Waals surface area (Å²) in [5.74, 6) is 0. The second-order valence-corrected chi connectivity index (χ2v) is 13.2. The van der Waals surface area contributed by atoms with Gasteiger partial charge in [0.25, 0.3) is 0 Å². The molecule has 0 aromatic rings. The van der Waals surface area contributed by atoms with E-state index in [9.17, 15) is 35.7 Å². The highest BCUT2D eigenvalue weighted by Gasteiger charge is 2.52. The van der Waals surface area contributed by atoms with Gasteiger partial charge in [0.15, 0.2) is 18.9 Å². The number of hydrogen-bond acceptors (Lipinski definition) is 20.